The van der Waals surface area contributed by atoms with E-state index in [-0.39, 0.29) is 18.4 Å². The number of nitrogens with zero attached hydrogens (tertiary/aromatic N) is 2. The molecule has 2 aliphatic heterocycles. The lowest BCUT2D eigenvalue weighted by molar-refractivity contribution is 0.0929. The molecule has 0 aliphatic carbocycles. The summed E-state index contributed by atoms with van der Waals surface area (Å²) >= 11 is 0. The molecule has 0 radical (unpaired) electrons. The number of piperazine rings is 1. The molecule has 9 heteroatoms. The molecule has 1 N–H and O–H groups in total. The molecule has 3 aromatic carbocycles. The fourth-order valence-corrected chi connectivity index (χ4v) is 4.59. The number of anilines is 1. The molecule has 1 amide bonds. The highest BCUT2D eigenvalue weighted by atomic mass is 19.2. The number of fused-ring (bicyclic) bond motifs is 1. The van der Waals surface area contributed by atoms with Crippen LogP contribution in [0.25, 0.3) is 0 Å². The lowest BCUT2D eigenvalue weighted by Crippen LogP contribution is -2.50. The van der Waals surface area contributed by atoms with E-state index in [2.05, 4.69) is 15.1 Å². The molecule has 0 bridgehead atoms. The van der Waals surface area contributed by atoms with Gasteiger partial charge in [0.15, 0.2) is 23.1 Å². The number of ether oxygens (including phenoxy) is 3. The topological polar surface area (TPSA) is 63.3 Å². The summed E-state index contributed by atoms with van der Waals surface area (Å²) in [6.45, 7) is 3.63. The summed E-state index contributed by atoms with van der Waals surface area (Å²) in [5, 5.41) is 2.90. The second-order valence-corrected chi connectivity index (χ2v) is 8.69. The van der Waals surface area contributed by atoms with Crippen molar-refractivity contribution in [2.45, 2.75) is 6.04 Å². The van der Waals surface area contributed by atoms with E-state index in [1.165, 1.54) is 6.07 Å². The molecule has 0 saturated carbocycles. The molecule has 2 aliphatic rings. The summed E-state index contributed by atoms with van der Waals surface area (Å²) in [6.07, 6.45) is 0. The molecule has 3 aromatic rings. The fourth-order valence-electron chi connectivity index (χ4n) is 4.59. The van der Waals surface area contributed by atoms with Gasteiger partial charge < -0.3 is 24.4 Å². The van der Waals surface area contributed by atoms with Crippen molar-refractivity contribution < 1.29 is 27.8 Å². The SMILES string of the molecule is COc1ccc(N2CCN([C@@H](CNC(=O)c3ccc(F)c(F)c3)c3ccc4c(c3)OCO4)CC2)cc1. The van der Waals surface area contributed by atoms with Crippen LogP contribution in [0, 0.1) is 11.6 Å². The maximum atomic E-state index is 13.6. The van der Waals surface area contributed by atoms with Gasteiger partial charge in [0.2, 0.25) is 6.79 Å². The zero-order valence-electron chi connectivity index (χ0n) is 19.9. The van der Waals surface area contributed by atoms with E-state index >= 15 is 0 Å². The van der Waals surface area contributed by atoms with Crippen molar-refractivity contribution in [1.82, 2.24) is 10.2 Å². The highest BCUT2D eigenvalue weighted by Crippen LogP contribution is 2.36. The van der Waals surface area contributed by atoms with Crippen LogP contribution < -0.4 is 24.4 Å². The molecular formula is C27H27F2N3O4. The van der Waals surface area contributed by atoms with E-state index in [1.54, 1.807) is 7.11 Å². The number of rotatable bonds is 7. The van der Waals surface area contributed by atoms with Crippen LogP contribution in [0.15, 0.2) is 60.7 Å². The predicted molar refractivity (Wildman–Crippen MR) is 131 cm³/mol. The Kier molecular flexibility index (Phi) is 6.90. The number of methoxy groups -OCH3 is 1. The number of nitrogens with one attached hydrogen (secondary N) is 1. The van der Waals surface area contributed by atoms with Crippen LogP contribution in [0.2, 0.25) is 0 Å². The summed E-state index contributed by atoms with van der Waals surface area (Å²) in [7, 11) is 1.65. The van der Waals surface area contributed by atoms with Crippen molar-refractivity contribution in [3.8, 4) is 17.2 Å². The van der Waals surface area contributed by atoms with Gasteiger partial charge >= 0.3 is 0 Å². The van der Waals surface area contributed by atoms with Gasteiger partial charge in [0.1, 0.15) is 5.75 Å². The van der Waals surface area contributed by atoms with Gasteiger partial charge in [-0.25, -0.2) is 8.78 Å². The van der Waals surface area contributed by atoms with Gasteiger partial charge in [0, 0.05) is 44.0 Å². The molecule has 5 rings (SSSR count). The minimum Gasteiger partial charge on any atom is -0.497 e. The van der Waals surface area contributed by atoms with Crippen LogP contribution in [0.1, 0.15) is 22.0 Å². The molecule has 0 spiro atoms. The molecular weight excluding hydrogens is 468 g/mol. The van der Waals surface area contributed by atoms with Crippen LogP contribution in [-0.2, 0) is 0 Å². The lowest BCUT2D eigenvalue weighted by Gasteiger charge is -2.40. The van der Waals surface area contributed by atoms with Crippen molar-refractivity contribution >= 4 is 11.6 Å². The predicted octanol–water partition coefficient (Wildman–Crippen LogP) is 4.00. The zero-order chi connectivity index (χ0) is 25.1. The molecule has 1 saturated heterocycles. The lowest BCUT2D eigenvalue weighted by atomic mass is 10.0. The number of carbonyl (C=O) groups is 1. The summed E-state index contributed by atoms with van der Waals surface area (Å²) < 4.78 is 43.2. The summed E-state index contributed by atoms with van der Waals surface area (Å²) in [4.78, 5) is 17.3. The number of carbonyl (C=O) groups excluding carboxylic acids is 1. The van der Waals surface area contributed by atoms with Gasteiger partial charge in [0.05, 0.1) is 13.2 Å². The third kappa shape index (κ3) is 5.06. The van der Waals surface area contributed by atoms with Crippen LogP contribution >= 0.6 is 0 Å². The smallest absolute Gasteiger partial charge is 0.251 e. The molecule has 1 atom stereocenters. The quantitative estimate of drug-likeness (QED) is 0.535. The van der Waals surface area contributed by atoms with Gasteiger partial charge in [0.25, 0.3) is 5.91 Å². The molecule has 2 heterocycles. The number of hydrogen-bond acceptors (Lipinski definition) is 6. The summed E-state index contributed by atoms with van der Waals surface area (Å²) in [6, 6.07) is 16.8. The van der Waals surface area contributed by atoms with Crippen LogP contribution in [-0.4, -0.2) is 57.4 Å². The molecule has 0 aromatic heterocycles. The van der Waals surface area contributed by atoms with Gasteiger partial charge in [-0.3, -0.25) is 9.69 Å². The summed E-state index contributed by atoms with van der Waals surface area (Å²) in [5.41, 5.74) is 2.17. The Balaban J connectivity index is 1.31. The van der Waals surface area contributed by atoms with Gasteiger partial charge in [-0.15, -0.1) is 0 Å². The Bertz CT molecular complexity index is 1230. The maximum Gasteiger partial charge on any atom is 0.251 e. The monoisotopic (exact) mass is 495 g/mol. The Morgan fingerprint density at radius 2 is 1.69 bits per heavy atom. The van der Waals surface area contributed by atoms with Crippen molar-refractivity contribution in [1.29, 1.82) is 0 Å². The molecule has 1 fully saturated rings. The fraction of sp³-hybridized carbons (Fsp3) is 0.296. The highest BCUT2D eigenvalue weighted by Gasteiger charge is 2.27. The van der Waals surface area contributed by atoms with Crippen molar-refractivity contribution in [3.05, 3.63) is 83.4 Å². The Labute approximate surface area is 208 Å². The van der Waals surface area contributed by atoms with Gasteiger partial charge in [-0.2, -0.15) is 0 Å². The summed E-state index contributed by atoms with van der Waals surface area (Å²) in [5.74, 6) is -0.327. The Hall–Kier alpha value is -3.85. The minimum atomic E-state index is -1.05. The second kappa shape index (κ2) is 10.4. The number of halogens is 2. The van der Waals surface area contributed by atoms with Crippen LogP contribution in [0.5, 0.6) is 17.2 Å². The molecule has 36 heavy (non-hydrogen) atoms. The van der Waals surface area contributed by atoms with Crippen LogP contribution in [0.4, 0.5) is 14.5 Å². The molecule has 188 valence electrons. The maximum absolute atomic E-state index is 13.6. The minimum absolute atomic E-state index is 0.0719. The van der Waals surface area contributed by atoms with Crippen molar-refractivity contribution in [2.75, 3.05) is 51.5 Å². The zero-order valence-corrected chi connectivity index (χ0v) is 19.9. The standard InChI is InChI=1S/C27H27F2N3O4/c1-34-21-6-4-20(5-7-21)31-10-12-32(13-11-31)24(18-3-9-25-26(15-18)36-17-35-25)16-30-27(33)19-2-8-22(28)23(29)14-19/h2-9,14-15,24H,10-13,16-17H2,1H3,(H,30,33)/t24-/m0/s1. The Morgan fingerprint density at radius 3 is 2.42 bits per heavy atom. The van der Waals surface area contributed by atoms with Gasteiger partial charge in [-0.05, 0) is 60.2 Å². The van der Waals surface area contributed by atoms with Gasteiger partial charge in [-0.1, -0.05) is 6.07 Å². The van der Waals surface area contributed by atoms with E-state index < -0.39 is 17.5 Å². The van der Waals surface area contributed by atoms with Crippen molar-refractivity contribution in [2.24, 2.45) is 0 Å². The first kappa shape index (κ1) is 23.9. The van der Waals surface area contributed by atoms with E-state index in [9.17, 15) is 13.6 Å². The second-order valence-electron chi connectivity index (χ2n) is 8.69. The third-order valence-corrected chi connectivity index (χ3v) is 6.61. The number of amides is 1. The van der Waals surface area contributed by atoms with Crippen LogP contribution in [0.3, 0.4) is 0 Å². The van der Waals surface area contributed by atoms with E-state index in [1.807, 2.05) is 42.5 Å². The van der Waals surface area contributed by atoms with E-state index in [4.69, 9.17) is 14.2 Å². The largest absolute Gasteiger partial charge is 0.497 e. The molecule has 0 unspecified atom stereocenters. The normalized spacial score (nSPS) is 16.0. The Morgan fingerprint density at radius 1 is 0.944 bits per heavy atom. The molecule has 7 nitrogen and oxygen atoms in total. The van der Waals surface area contributed by atoms with E-state index in [0.29, 0.717) is 18.0 Å². The number of hydrogen-bond donors (Lipinski definition) is 1. The first-order valence-corrected chi connectivity index (χ1v) is 11.8. The average molecular weight is 496 g/mol. The average Bonchev–Trinajstić information content (AvgIpc) is 3.39. The third-order valence-electron chi connectivity index (χ3n) is 6.61. The first-order chi connectivity index (χ1) is 17.5. The highest BCUT2D eigenvalue weighted by molar-refractivity contribution is 5.94. The number of benzene rings is 3. The van der Waals surface area contributed by atoms with E-state index in [0.717, 1.165) is 55.3 Å². The van der Waals surface area contributed by atoms with Crippen molar-refractivity contribution in [3.63, 3.8) is 0 Å². The first-order valence-electron chi connectivity index (χ1n) is 11.8.